The Balaban J connectivity index is 1.72. The van der Waals surface area contributed by atoms with Gasteiger partial charge in [0.15, 0.2) is 17.3 Å². The summed E-state index contributed by atoms with van der Waals surface area (Å²) in [5, 5.41) is 17.7. The average Bonchev–Trinajstić information content (AvgIpc) is 3.20. The van der Waals surface area contributed by atoms with Crippen molar-refractivity contribution in [3.05, 3.63) is 69.4 Å². The fraction of sp³-hybridized carbons (Fsp3) is 0.200. The number of nitro groups is 1. The number of rotatable bonds is 7. The molecule has 29 heavy (non-hydrogen) atoms. The molecule has 0 aliphatic heterocycles. The van der Waals surface area contributed by atoms with Crippen LogP contribution in [0.4, 0.5) is 5.69 Å². The number of aromatic nitrogens is 1. The van der Waals surface area contributed by atoms with Gasteiger partial charge in [0, 0.05) is 28.8 Å². The summed E-state index contributed by atoms with van der Waals surface area (Å²) in [6.45, 7) is 1.65. The Morgan fingerprint density at radius 2 is 1.93 bits per heavy atom. The van der Waals surface area contributed by atoms with Gasteiger partial charge in [-0.1, -0.05) is 11.2 Å². The molecule has 2 aromatic carbocycles. The molecule has 0 atom stereocenters. The minimum Gasteiger partial charge on any atom is -0.493 e. The van der Waals surface area contributed by atoms with Gasteiger partial charge in [-0.15, -0.1) is 0 Å². The van der Waals surface area contributed by atoms with E-state index in [9.17, 15) is 14.9 Å². The molecule has 1 aromatic heterocycles. The van der Waals surface area contributed by atoms with Crippen LogP contribution >= 0.6 is 0 Å². The number of methoxy groups -OCH3 is 2. The molecule has 0 unspecified atom stereocenters. The first-order chi connectivity index (χ1) is 13.9. The number of nitrogens with one attached hydrogen (secondary N) is 1. The van der Waals surface area contributed by atoms with Crippen LogP contribution in [-0.2, 0) is 6.54 Å². The van der Waals surface area contributed by atoms with Gasteiger partial charge in [0.05, 0.1) is 25.7 Å². The first-order valence-electron chi connectivity index (χ1n) is 8.64. The maximum Gasteiger partial charge on any atom is 0.273 e. The van der Waals surface area contributed by atoms with Gasteiger partial charge in [-0.05, 0) is 31.2 Å². The number of amides is 1. The van der Waals surface area contributed by atoms with Crippen molar-refractivity contribution in [3.63, 3.8) is 0 Å². The Hall–Kier alpha value is -3.88. The van der Waals surface area contributed by atoms with E-state index in [1.807, 2.05) is 0 Å². The zero-order valence-corrected chi connectivity index (χ0v) is 16.1. The number of hydrogen-bond donors (Lipinski definition) is 1. The molecule has 1 amide bonds. The monoisotopic (exact) mass is 397 g/mol. The fourth-order valence-electron chi connectivity index (χ4n) is 2.85. The molecule has 0 aliphatic carbocycles. The predicted octanol–water partition coefficient (Wildman–Crippen LogP) is 3.51. The fourth-order valence-corrected chi connectivity index (χ4v) is 2.85. The zero-order chi connectivity index (χ0) is 21.0. The van der Waals surface area contributed by atoms with Gasteiger partial charge >= 0.3 is 0 Å². The first kappa shape index (κ1) is 19.9. The lowest BCUT2D eigenvalue weighted by molar-refractivity contribution is -0.385. The van der Waals surface area contributed by atoms with Crippen molar-refractivity contribution in [2.24, 2.45) is 0 Å². The molecule has 9 heteroatoms. The third-order valence-corrected chi connectivity index (χ3v) is 4.40. The predicted molar refractivity (Wildman–Crippen MR) is 104 cm³/mol. The minimum atomic E-state index is -0.515. The molecule has 150 valence electrons. The second-order valence-electron chi connectivity index (χ2n) is 6.14. The smallest absolute Gasteiger partial charge is 0.273 e. The molecule has 0 fully saturated rings. The van der Waals surface area contributed by atoms with Crippen molar-refractivity contribution >= 4 is 11.6 Å². The second-order valence-corrected chi connectivity index (χ2v) is 6.14. The van der Waals surface area contributed by atoms with E-state index in [0.717, 1.165) is 5.56 Å². The molecule has 0 spiro atoms. The molecule has 3 rings (SSSR count). The Morgan fingerprint density at radius 1 is 1.17 bits per heavy atom. The number of ether oxygens (including phenoxy) is 2. The van der Waals surface area contributed by atoms with Crippen molar-refractivity contribution in [2.75, 3.05) is 14.2 Å². The van der Waals surface area contributed by atoms with Crippen LogP contribution in [-0.4, -0.2) is 30.2 Å². The molecule has 1 heterocycles. The molecule has 0 aliphatic rings. The zero-order valence-electron chi connectivity index (χ0n) is 16.1. The molecule has 0 saturated carbocycles. The van der Waals surface area contributed by atoms with Crippen molar-refractivity contribution in [2.45, 2.75) is 13.5 Å². The molecule has 9 nitrogen and oxygen atoms in total. The Kier molecular flexibility index (Phi) is 5.77. The number of carbonyl (C=O) groups excluding carboxylic acids is 1. The summed E-state index contributed by atoms with van der Waals surface area (Å²) in [4.78, 5) is 22.9. The molecular formula is C20H19N3O6. The topological polar surface area (TPSA) is 117 Å². The van der Waals surface area contributed by atoms with Crippen LogP contribution < -0.4 is 14.8 Å². The van der Waals surface area contributed by atoms with Gasteiger partial charge in [0.2, 0.25) is 0 Å². The summed E-state index contributed by atoms with van der Waals surface area (Å²) in [5.74, 6) is 1.22. The molecule has 1 N–H and O–H groups in total. The van der Waals surface area contributed by atoms with E-state index in [1.165, 1.54) is 25.1 Å². The number of nitrogens with zero attached hydrogens (tertiary/aromatic N) is 2. The van der Waals surface area contributed by atoms with Crippen molar-refractivity contribution in [1.82, 2.24) is 10.5 Å². The maximum absolute atomic E-state index is 12.4. The van der Waals surface area contributed by atoms with Crippen molar-refractivity contribution in [3.8, 4) is 22.8 Å². The van der Waals surface area contributed by atoms with Crippen LogP contribution in [0.2, 0.25) is 0 Å². The highest BCUT2D eigenvalue weighted by atomic mass is 16.6. The third-order valence-electron chi connectivity index (χ3n) is 4.40. The number of benzene rings is 2. The van der Waals surface area contributed by atoms with Gasteiger partial charge in [-0.2, -0.15) is 0 Å². The Bertz CT molecular complexity index is 1060. The largest absolute Gasteiger partial charge is 0.493 e. The van der Waals surface area contributed by atoms with E-state index < -0.39 is 10.8 Å². The number of nitro benzene ring substituents is 1. The Morgan fingerprint density at radius 3 is 2.62 bits per heavy atom. The highest BCUT2D eigenvalue weighted by Crippen LogP contribution is 2.32. The van der Waals surface area contributed by atoms with E-state index in [-0.39, 0.29) is 17.8 Å². The van der Waals surface area contributed by atoms with Crippen LogP contribution in [0.25, 0.3) is 11.3 Å². The van der Waals surface area contributed by atoms with Crippen molar-refractivity contribution < 1.29 is 23.7 Å². The normalized spacial score (nSPS) is 10.4. The van der Waals surface area contributed by atoms with E-state index >= 15 is 0 Å². The molecule has 0 bridgehead atoms. The summed E-state index contributed by atoms with van der Waals surface area (Å²) < 4.78 is 15.8. The van der Waals surface area contributed by atoms with Crippen LogP contribution in [0.3, 0.4) is 0 Å². The van der Waals surface area contributed by atoms with Gasteiger partial charge < -0.3 is 19.3 Å². The first-order valence-corrected chi connectivity index (χ1v) is 8.64. The number of carbonyl (C=O) groups is 1. The van der Waals surface area contributed by atoms with Gasteiger partial charge in [-0.3, -0.25) is 14.9 Å². The summed E-state index contributed by atoms with van der Waals surface area (Å²) in [7, 11) is 3.09. The SMILES string of the molecule is COc1ccc(-c2cc(CNC(=O)c3cccc([N+](=O)[O-])c3C)no2)cc1OC. The highest BCUT2D eigenvalue weighted by Gasteiger charge is 2.18. The third kappa shape index (κ3) is 4.18. The lowest BCUT2D eigenvalue weighted by Gasteiger charge is -2.07. The van der Waals surface area contributed by atoms with E-state index in [0.29, 0.717) is 28.5 Å². The standard InChI is InChI=1S/C20H19N3O6/c1-12-15(5-4-6-16(12)23(25)26)20(24)21-11-14-10-18(29-22-14)13-7-8-17(27-2)19(9-13)28-3/h4-10H,11H2,1-3H3,(H,21,24). The average molecular weight is 397 g/mol. The molecular weight excluding hydrogens is 378 g/mol. The summed E-state index contributed by atoms with van der Waals surface area (Å²) in [5.41, 5.74) is 1.69. The molecule has 0 radical (unpaired) electrons. The molecule has 3 aromatic rings. The Labute approximate surface area is 166 Å². The lowest BCUT2D eigenvalue weighted by Crippen LogP contribution is -2.24. The molecule has 0 saturated heterocycles. The van der Waals surface area contributed by atoms with Crippen molar-refractivity contribution in [1.29, 1.82) is 0 Å². The van der Waals surface area contributed by atoms with E-state index in [2.05, 4.69) is 10.5 Å². The van der Waals surface area contributed by atoms with Gasteiger partial charge in [0.25, 0.3) is 11.6 Å². The summed E-state index contributed by atoms with van der Waals surface area (Å²) >= 11 is 0. The second kappa shape index (κ2) is 8.42. The van der Waals surface area contributed by atoms with E-state index in [1.54, 1.807) is 38.5 Å². The quantitative estimate of drug-likeness (QED) is 0.479. The van der Waals surface area contributed by atoms with Gasteiger partial charge in [0.1, 0.15) is 5.69 Å². The van der Waals surface area contributed by atoms with Crippen LogP contribution in [0.15, 0.2) is 47.0 Å². The van der Waals surface area contributed by atoms with Crippen LogP contribution in [0.1, 0.15) is 21.6 Å². The maximum atomic E-state index is 12.4. The lowest BCUT2D eigenvalue weighted by atomic mass is 10.1. The van der Waals surface area contributed by atoms with Crippen LogP contribution in [0, 0.1) is 17.0 Å². The highest BCUT2D eigenvalue weighted by molar-refractivity contribution is 5.96. The minimum absolute atomic E-state index is 0.102. The van der Waals surface area contributed by atoms with Gasteiger partial charge in [-0.25, -0.2) is 0 Å². The van der Waals surface area contributed by atoms with E-state index in [4.69, 9.17) is 14.0 Å². The summed E-state index contributed by atoms with van der Waals surface area (Å²) in [6.07, 6.45) is 0. The van der Waals surface area contributed by atoms with Crippen LogP contribution in [0.5, 0.6) is 11.5 Å². The number of hydrogen-bond acceptors (Lipinski definition) is 7. The summed E-state index contributed by atoms with van der Waals surface area (Å²) in [6, 6.07) is 11.4.